The average Bonchev–Trinajstić information content (AvgIpc) is 2.80. The van der Waals surface area contributed by atoms with Crippen LogP contribution in [0, 0.1) is 0 Å². The minimum Gasteiger partial charge on any atom is -0.492 e. The number of benzene rings is 1. The Bertz CT molecular complexity index is 413. The van der Waals surface area contributed by atoms with E-state index in [2.05, 4.69) is 10.3 Å². The summed E-state index contributed by atoms with van der Waals surface area (Å²) in [5.74, 6) is 0.786. The van der Waals surface area contributed by atoms with Crippen molar-refractivity contribution in [1.29, 1.82) is 0 Å². The molecule has 2 rings (SSSR count). The van der Waals surface area contributed by atoms with Crippen LogP contribution < -0.4 is 10.5 Å². The maximum Gasteiger partial charge on any atom is 0.121 e. The van der Waals surface area contributed by atoms with Crippen LogP contribution in [-0.2, 0) is 0 Å². The van der Waals surface area contributed by atoms with Gasteiger partial charge in [0.1, 0.15) is 12.4 Å². The zero-order valence-corrected chi connectivity index (χ0v) is 8.21. The molecule has 5 nitrogen and oxygen atoms in total. The molecule has 2 aromatic rings. The van der Waals surface area contributed by atoms with Gasteiger partial charge in [-0.25, -0.2) is 4.68 Å². The number of nitrogens with two attached hydrogens (primary N) is 1. The molecule has 78 valence electrons. The Labute approximate surface area is 87.5 Å². The van der Waals surface area contributed by atoms with Crippen LogP contribution in [0.5, 0.6) is 5.75 Å². The molecule has 0 aliphatic carbocycles. The fourth-order valence-electron chi connectivity index (χ4n) is 1.24. The number of ether oxygens (including phenoxy) is 1. The summed E-state index contributed by atoms with van der Waals surface area (Å²) in [5, 5.41) is 7.64. The van der Waals surface area contributed by atoms with Crippen molar-refractivity contribution in [2.75, 3.05) is 13.2 Å². The lowest BCUT2D eigenvalue weighted by molar-refractivity contribution is 0.328. The van der Waals surface area contributed by atoms with Gasteiger partial charge in [-0.1, -0.05) is 11.3 Å². The highest BCUT2D eigenvalue weighted by atomic mass is 16.5. The molecule has 0 aliphatic heterocycles. The highest BCUT2D eigenvalue weighted by molar-refractivity contribution is 5.38. The lowest BCUT2D eigenvalue weighted by Gasteiger charge is -2.06. The molecule has 0 fully saturated rings. The van der Waals surface area contributed by atoms with Gasteiger partial charge in [-0.05, 0) is 12.1 Å². The Kier molecular flexibility index (Phi) is 2.94. The van der Waals surface area contributed by atoms with Crippen LogP contribution in [0.25, 0.3) is 5.69 Å². The van der Waals surface area contributed by atoms with Crippen LogP contribution in [-0.4, -0.2) is 28.1 Å². The third-order valence-corrected chi connectivity index (χ3v) is 1.89. The van der Waals surface area contributed by atoms with E-state index >= 15 is 0 Å². The summed E-state index contributed by atoms with van der Waals surface area (Å²) < 4.78 is 7.08. The summed E-state index contributed by atoms with van der Waals surface area (Å²) in [6.07, 6.45) is 3.41. The highest BCUT2D eigenvalue weighted by Gasteiger charge is 1.98. The molecule has 0 amide bonds. The third kappa shape index (κ3) is 2.32. The second kappa shape index (κ2) is 4.56. The molecule has 5 heteroatoms. The van der Waals surface area contributed by atoms with Gasteiger partial charge in [0, 0.05) is 12.6 Å². The summed E-state index contributed by atoms with van der Waals surface area (Å²) in [7, 11) is 0. The molecular formula is C10H12N4O. The highest BCUT2D eigenvalue weighted by Crippen LogP contribution is 2.15. The number of rotatable bonds is 4. The van der Waals surface area contributed by atoms with Gasteiger partial charge in [0.2, 0.25) is 0 Å². The van der Waals surface area contributed by atoms with E-state index in [9.17, 15) is 0 Å². The van der Waals surface area contributed by atoms with Gasteiger partial charge in [-0.15, -0.1) is 5.10 Å². The molecule has 2 N–H and O–H groups in total. The van der Waals surface area contributed by atoms with Crippen LogP contribution >= 0.6 is 0 Å². The molecule has 0 saturated carbocycles. The summed E-state index contributed by atoms with van der Waals surface area (Å²) in [6, 6.07) is 7.62. The third-order valence-electron chi connectivity index (χ3n) is 1.89. The van der Waals surface area contributed by atoms with Crippen molar-refractivity contribution in [2.45, 2.75) is 0 Å². The SMILES string of the molecule is NCCOc1cccc(-n2ccnn2)c1. The van der Waals surface area contributed by atoms with E-state index in [1.54, 1.807) is 17.1 Å². The topological polar surface area (TPSA) is 66.0 Å². The van der Waals surface area contributed by atoms with Crippen molar-refractivity contribution in [3.63, 3.8) is 0 Å². The predicted octanol–water partition coefficient (Wildman–Crippen LogP) is 0.605. The standard InChI is InChI=1S/C10H12N4O/c11-4-7-15-10-3-1-2-9(8-10)14-6-5-12-13-14/h1-3,5-6,8H,4,7,11H2. The van der Waals surface area contributed by atoms with Gasteiger partial charge in [-0.3, -0.25) is 0 Å². The Morgan fingerprint density at radius 3 is 3.07 bits per heavy atom. The zero-order valence-electron chi connectivity index (χ0n) is 8.21. The Morgan fingerprint density at radius 2 is 2.33 bits per heavy atom. The van der Waals surface area contributed by atoms with Gasteiger partial charge in [0.05, 0.1) is 18.1 Å². The summed E-state index contributed by atoms with van der Waals surface area (Å²) >= 11 is 0. The number of aromatic nitrogens is 3. The van der Waals surface area contributed by atoms with E-state index in [4.69, 9.17) is 10.5 Å². The van der Waals surface area contributed by atoms with E-state index in [0.717, 1.165) is 11.4 Å². The minimum atomic E-state index is 0.507. The fraction of sp³-hybridized carbons (Fsp3) is 0.200. The summed E-state index contributed by atoms with van der Waals surface area (Å²) in [6.45, 7) is 1.02. The lowest BCUT2D eigenvalue weighted by atomic mass is 10.3. The Morgan fingerprint density at radius 1 is 1.40 bits per heavy atom. The average molecular weight is 204 g/mol. The zero-order chi connectivity index (χ0) is 10.5. The first kappa shape index (κ1) is 9.67. The predicted molar refractivity (Wildman–Crippen MR) is 55.9 cm³/mol. The molecule has 0 spiro atoms. The lowest BCUT2D eigenvalue weighted by Crippen LogP contribution is -2.10. The van der Waals surface area contributed by atoms with Gasteiger partial charge in [0.15, 0.2) is 0 Å². The second-order valence-corrected chi connectivity index (χ2v) is 2.98. The van der Waals surface area contributed by atoms with E-state index in [-0.39, 0.29) is 0 Å². The molecule has 0 radical (unpaired) electrons. The summed E-state index contributed by atoms with van der Waals surface area (Å²) in [5.41, 5.74) is 6.27. The first-order valence-corrected chi connectivity index (χ1v) is 4.70. The molecule has 0 saturated heterocycles. The molecular weight excluding hydrogens is 192 g/mol. The first-order valence-electron chi connectivity index (χ1n) is 4.70. The van der Waals surface area contributed by atoms with E-state index < -0.39 is 0 Å². The molecule has 0 bridgehead atoms. The molecule has 0 unspecified atom stereocenters. The van der Waals surface area contributed by atoms with Crippen molar-refractivity contribution in [2.24, 2.45) is 5.73 Å². The molecule has 1 heterocycles. The quantitative estimate of drug-likeness (QED) is 0.792. The molecule has 0 atom stereocenters. The smallest absolute Gasteiger partial charge is 0.121 e. The normalized spacial score (nSPS) is 10.2. The van der Waals surface area contributed by atoms with Gasteiger partial charge < -0.3 is 10.5 Å². The second-order valence-electron chi connectivity index (χ2n) is 2.98. The van der Waals surface area contributed by atoms with Crippen molar-refractivity contribution in [3.05, 3.63) is 36.7 Å². The van der Waals surface area contributed by atoms with Crippen LogP contribution in [0.3, 0.4) is 0 Å². The van der Waals surface area contributed by atoms with E-state index in [0.29, 0.717) is 13.2 Å². The van der Waals surface area contributed by atoms with Crippen LogP contribution in [0.2, 0.25) is 0 Å². The number of nitrogens with zero attached hydrogens (tertiary/aromatic N) is 3. The maximum atomic E-state index is 5.41. The molecule has 1 aromatic carbocycles. The van der Waals surface area contributed by atoms with Crippen molar-refractivity contribution < 1.29 is 4.74 Å². The van der Waals surface area contributed by atoms with Gasteiger partial charge in [0.25, 0.3) is 0 Å². The van der Waals surface area contributed by atoms with Crippen LogP contribution in [0.1, 0.15) is 0 Å². The molecule has 1 aromatic heterocycles. The van der Waals surface area contributed by atoms with Gasteiger partial charge in [-0.2, -0.15) is 0 Å². The van der Waals surface area contributed by atoms with Crippen molar-refractivity contribution in [1.82, 2.24) is 15.0 Å². The van der Waals surface area contributed by atoms with E-state index in [1.165, 1.54) is 0 Å². The monoisotopic (exact) mass is 204 g/mol. The van der Waals surface area contributed by atoms with Crippen molar-refractivity contribution >= 4 is 0 Å². The van der Waals surface area contributed by atoms with Crippen LogP contribution in [0.4, 0.5) is 0 Å². The van der Waals surface area contributed by atoms with Gasteiger partial charge >= 0.3 is 0 Å². The number of hydrogen-bond donors (Lipinski definition) is 1. The van der Waals surface area contributed by atoms with E-state index in [1.807, 2.05) is 24.3 Å². The van der Waals surface area contributed by atoms with Crippen LogP contribution in [0.15, 0.2) is 36.7 Å². The Hall–Kier alpha value is -1.88. The molecule has 0 aliphatic rings. The number of hydrogen-bond acceptors (Lipinski definition) is 4. The molecule has 15 heavy (non-hydrogen) atoms. The minimum absolute atomic E-state index is 0.507. The summed E-state index contributed by atoms with van der Waals surface area (Å²) in [4.78, 5) is 0. The first-order chi connectivity index (χ1) is 7.40. The van der Waals surface area contributed by atoms with Crippen molar-refractivity contribution in [3.8, 4) is 11.4 Å². The fourth-order valence-corrected chi connectivity index (χ4v) is 1.24. The maximum absolute atomic E-state index is 5.41. The largest absolute Gasteiger partial charge is 0.492 e. The Balaban J connectivity index is 2.19.